The number of sulfonamides is 2. The number of anilines is 1. The van der Waals surface area contributed by atoms with Crippen molar-refractivity contribution in [3.8, 4) is 0 Å². The molecule has 0 unspecified atom stereocenters. The van der Waals surface area contributed by atoms with Crippen LogP contribution in [0, 0.1) is 5.82 Å². The Morgan fingerprint density at radius 1 is 0.857 bits per heavy atom. The Morgan fingerprint density at radius 3 is 2.09 bits per heavy atom. The molecule has 2 atom stereocenters. The molecule has 1 saturated carbocycles. The molecular formula is C24H33FN4O4S2. The monoisotopic (exact) mass is 524 g/mol. The predicted molar refractivity (Wildman–Crippen MR) is 134 cm³/mol. The maximum absolute atomic E-state index is 14.2. The molecule has 0 bridgehead atoms. The SMILES string of the molecule is CN(C)S(=O)(=O)c1ccc(S(=O)(=O)N[C@@H]2CCCC[C@H]2N2CCN(c3ccccc3F)CC2)cc1. The molecule has 1 N–H and O–H groups in total. The first-order valence-corrected chi connectivity index (χ1v) is 14.8. The van der Waals surface area contributed by atoms with Gasteiger partial charge in [-0.2, -0.15) is 0 Å². The molecule has 2 aromatic rings. The van der Waals surface area contributed by atoms with Crippen molar-refractivity contribution in [3.05, 3.63) is 54.3 Å². The number of nitrogens with one attached hydrogen (secondary N) is 1. The second-order valence-electron chi connectivity index (χ2n) is 9.31. The van der Waals surface area contributed by atoms with E-state index in [-0.39, 0.29) is 27.7 Å². The van der Waals surface area contributed by atoms with Crippen LogP contribution < -0.4 is 9.62 Å². The standard InChI is InChI=1S/C24H33FN4O4S2/c1-27(2)35(32,33)20-13-11-19(12-14-20)34(30,31)26-22-8-4-6-10-24(22)29-17-15-28(16-18-29)23-9-5-3-7-21(23)25/h3,5,7,9,11-14,22,24,26H,4,6,8,10,15-18H2,1-2H3/t22-,24-/m1/s1. The van der Waals surface area contributed by atoms with Gasteiger partial charge in [-0.25, -0.2) is 30.3 Å². The van der Waals surface area contributed by atoms with Gasteiger partial charge in [0.15, 0.2) is 0 Å². The summed E-state index contributed by atoms with van der Waals surface area (Å²) < 4.78 is 69.1. The van der Waals surface area contributed by atoms with Gasteiger partial charge in [0.25, 0.3) is 0 Å². The first-order valence-electron chi connectivity index (χ1n) is 11.9. The van der Waals surface area contributed by atoms with E-state index in [1.165, 1.54) is 44.4 Å². The van der Waals surface area contributed by atoms with E-state index in [0.29, 0.717) is 18.8 Å². The number of hydrogen-bond acceptors (Lipinski definition) is 6. The molecule has 8 nitrogen and oxygen atoms in total. The molecule has 2 aromatic carbocycles. The first-order chi connectivity index (χ1) is 16.6. The summed E-state index contributed by atoms with van der Waals surface area (Å²) in [7, 11) is -4.59. The third kappa shape index (κ3) is 5.69. The summed E-state index contributed by atoms with van der Waals surface area (Å²) in [5.41, 5.74) is 0.604. The van der Waals surface area contributed by atoms with Crippen LogP contribution in [-0.2, 0) is 20.0 Å². The Balaban J connectivity index is 1.44. The fraction of sp³-hybridized carbons (Fsp3) is 0.500. The minimum absolute atomic E-state index is 0.0453. The van der Waals surface area contributed by atoms with E-state index < -0.39 is 20.0 Å². The number of para-hydroxylation sites is 1. The van der Waals surface area contributed by atoms with Crippen molar-refractivity contribution in [2.24, 2.45) is 0 Å². The summed E-state index contributed by atoms with van der Waals surface area (Å²) in [6.07, 6.45) is 3.61. The third-order valence-corrected chi connectivity index (χ3v) is 10.3. The number of piperazine rings is 1. The Kier molecular flexibility index (Phi) is 7.82. The smallest absolute Gasteiger partial charge is 0.242 e. The van der Waals surface area contributed by atoms with Crippen LogP contribution in [0.15, 0.2) is 58.3 Å². The van der Waals surface area contributed by atoms with E-state index >= 15 is 0 Å². The van der Waals surface area contributed by atoms with E-state index in [9.17, 15) is 21.2 Å². The molecule has 2 fully saturated rings. The van der Waals surface area contributed by atoms with Crippen molar-refractivity contribution in [3.63, 3.8) is 0 Å². The van der Waals surface area contributed by atoms with Gasteiger partial charge in [-0.15, -0.1) is 0 Å². The van der Waals surface area contributed by atoms with Crippen molar-refractivity contribution >= 4 is 25.7 Å². The molecule has 0 radical (unpaired) electrons. The van der Waals surface area contributed by atoms with Gasteiger partial charge < -0.3 is 4.90 Å². The largest absolute Gasteiger partial charge is 0.367 e. The molecule has 1 aliphatic heterocycles. The fourth-order valence-electron chi connectivity index (χ4n) is 4.96. The molecule has 0 aromatic heterocycles. The molecule has 192 valence electrons. The number of halogens is 1. The summed E-state index contributed by atoms with van der Waals surface area (Å²) in [6, 6.07) is 11.9. The predicted octanol–water partition coefficient (Wildman–Crippen LogP) is 2.49. The van der Waals surface area contributed by atoms with E-state index in [4.69, 9.17) is 0 Å². The van der Waals surface area contributed by atoms with E-state index in [1.807, 2.05) is 11.0 Å². The summed E-state index contributed by atoms with van der Waals surface area (Å²) in [4.78, 5) is 4.45. The van der Waals surface area contributed by atoms with Crippen LogP contribution in [0.1, 0.15) is 25.7 Å². The van der Waals surface area contributed by atoms with Crippen LogP contribution in [0.4, 0.5) is 10.1 Å². The molecule has 0 spiro atoms. The molecule has 1 saturated heterocycles. The van der Waals surface area contributed by atoms with E-state index in [0.717, 1.165) is 43.1 Å². The molecule has 11 heteroatoms. The maximum atomic E-state index is 14.2. The van der Waals surface area contributed by atoms with Gasteiger partial charge in [0.05, 0.1) is 15.5 Å². The zero-order valence-electron chi connectivity index (χ0n) is 20.1. The number of nitrogens with zero attached hydrogens (tertiary/aromatic N) is 3. The maximum Gasteiger partial charge on any atom is 0.242 e. The molecular weight excluding hydrogens is 491 g/mol. The lowest BCUT2D eigenvalue weighted by Gasteiger charge is -2.44. The van der Waals surface area contributed by atoms with Crippen LogP contribution in [0.2, 0.25) is 0 Å². The van der Waals surface area contributed by atoms with Gasteiger partial charge in [-0.3, -0.25) is 4.90 Å². The van der Waals surface area contributed by atoms with Gasteiger partial charge >= 0.3 is 0 Å². The molecule has 0 amide bonds. The number of hydrogen-bond donors (Lipinski definition) is 1. The third-order valence-electron chi connectivity index (χ3n) is 6.93. The summed E-state index contributed by atoms with van der Waals surface area (Å²) in [6.45, 7) is 2.82. The lowest BCUT2D eigenvalue weighted by molar-refractivity contribution is 0.124. The van der Waals surface area contributed by atoms with Crippen molar-refractivity contribution in [1.29, 1.82) is 0 Å². The summed E-state index contributed by atoms with van der Waals surface area (Å²) in [5.74, 6) is -0.228. The van der Waals surface area contributed by atoms with Crippen molar-refractivity contribution in [2.75, 3.05) is 45.2 Å². The topological polar surface area (TPSA) is 90.0 Å². The Bertz CT molecular complexity index is 1230. The molecule has 1 aliphatic carbocycles. The zero-order chi connectivity index (χ0) is 25.2. The van der Waals surface area contributed by atoms with Crippen molar-refractivity contribution in [2.45, 2.75) is 47.6 Å². The summed E-state index contributed by atoms with van der Waals surface area (Å²) in [5, 5.41) is 0. The van der Waals surface area contributed by atoms with E-state index in [1.54, 1.807) is 12.1 Å². The second-order valence-corrected chi connectivity index (χ2v) is 13.2. The fourth-order valence-corrected chi connectivity index (χ4v) is 7.16. The Hall–Kier alpha value is -2.05. The average molecular weight is 525 g/mol. The lowest BCUT2D eigenvalue weighted by atomic mass is 9.89. The Labute approximate surface area is 207 Å². The quantitative estimate of drug-likeness (QED) is 0.599. The van der Waals surface area contributed by atoms with Gasteiger partial charge in [-0.1, -0.05) is 25.0 Å². The van der Waals surface area contributed by atoms with Crippen molar-refractivity contribution < 1.29 is 21.2 Å². The second kappa shape index (κ2) is 10.5. The van der Waals surface area contributed by atoms with E-state index in [2.05, 4.69) is 9.62 Å². The average Bonchev–Trinajstić information content (AvgIpc) is 2.85. The molecule has 4 rings (SSSR count). The minimum atomic E-state index is -3.82. The summed E-state index contributed by atoms with van der Waals surface area (Å²) >= 11 is 0. The molecule has 2 aliphatic rings. The number of benzene rings is 2. The van der Waals surface area contributed by atoms with Gasteiger partial charge in [0.2, 0.25) is 20.0 Å². The highest BCUT2D eigenvalue weighted by Crippen LogP contribution is 2.28. The van der Waals surface area contributed by atoms with Crippen LogP contribution >= 0.6 is 0 Å². The Morgan fingerprint density at radius 2 is 1.46 bits per heavy atom. The van der Waals surface area contributed by atoms with Crippen LogP contribution in [0.25, 0.3) is 0 Å². The molecule has 1 heterocycles. The van der Waals surface area contributed by atoms with Gasteiger partial charge in [0.1, 0.15) is 5.82 Å². The zero-order valence-corrected chi connectivity index (χ0v) is 21.7. The minimum Gasteiger partial charge on any atom is -0.367 e. The van der Waals surface area contributed by atoms with Crippen LogP contribution in [0.5, 0.6) is 0 Å². The van der Waals surface area contributed by atoms with Crippen molar-refractivity contribution in [1.82, 2.24) is 13.9 Å². The van der Waals surface area contributed by atoms with Crippen LogP contribution in [-0.4, -0.2) is 78.4 Å². The molecule has 35 heavy (non-hydrogen) atoms. The normalized spacial score (nSPS) is 22.5. The van der Waals surface area contributed by atoms with Crippen LogP contribution in [0.3, 0.4) is 0 Å². The highest BCUT2D eigenvalue weighted by atomic mass is 32.2. The highest BCUT2D eigenvalue weighted by Gasteiger charge is 2.35. The lowest BCUT2D eigenvalue weighted by Crippen LogP contribution is -2.58. The van der Waals surface area contributed by atoms with Gasteiger partial charge in [0, 0.05) is 52.4 Å². The first kappa shape index (κ1) is 26.0. The number of rotatable bonds is 7. The highest BCUT2D eigenvalue weighted by molar-refractivity contribution is 7.89. The van der Waals surface area contributed by atoms with Gasteiger partial charge in [-0.05, 0) is 49.2 Å².